The van der Waals surface area contributed by atoms with E-state index in [1.54, 1.807) is 6.92 Å². The number of hydrogen-bond acceptors (Lipinski definition) is 3. The number of amides is 3. The van der Waals surface area contributed by atoms with E-state index in [1.807, 2.05) is 12.1 Å². The van der Waals surface area contributed by atoms with Gasteiger partial charge in [0.2, 0.25) is 11.8 Å². The highest BCUT2D eigenvalue weighted by Gasteiger charge is 2.37. The van der Waals surface area contributed by atoms with E-state index in [-0.39, 0.29) is 18.7 Å². The number of rotatable bonds is 2. The fraction of sp³-hybridized carbons (Fsp3) is 0.308. The molecule has 0 bridgehead atoms. The molecule has 8 heteroatoms. The van der Waals surface area contributed by atoms with Crippen LogP contribution in [0.2, 0.25) is 0 Å². The molecule has 1 saturated heterocycles. The minimum atomic E-state index is -1.20. The lowest BCUT2D eigenvalue weighted by molar-refractivity contribution is -0.134. The van der Waals surface area contributed by atoms with Crippen molar-refractivity contribution >= 4 is 68.8 Å². The zero-order valence-corrected chi connectivity index (χ0v) is 15.3. The van der Waals surface area contributed by atoms with Crippen LogP contribution in [0.15, 0.2) is 12.1 Å². The fourth-order valence-corrected chi connectivity index (χ4v) is 3.55. The minimum absolute atomic E-state index is 0.139. The molecule has 0 aliphatic carbocycles. The van der Waals surface area contributed by atoms with Crippen LogP contribution in [0.5, 0.6) is 0 Å². The second-order valence-electron chi connectivity index (χ2n) is 4.65. The maximum atomic E-state index is 12.0. The van der Waals surface area contributed by atoms with Gasteiger partial charge in [0.15, 0.2) is 0 Å². The van der Waals surface area contributed by atoms with Crippen molar-refractivity contribution in [3.63, 3.8) is 0 Å². The van der Waals surface area contributed by atoms with Crippen LogP contribution in [-0.4, -0.2) is 29.1 Å². The van der Waals surface area contributed by atoms with Crippen molar-refractivity contribution in [1.82, 2.24) is 5.32 Å². The Morgan fingerprint density at radius 1 is 1.38 bits per heavy atom. The standard InChI is InChI=1S/C13H12I2N2O4/c1-6-2-3-7(14)10(15)11(6)17(13(20)21)8-4-5-9(18)16-12(8)19/h2-3,8H,4-5H2,1H3,(H,20,21)(H,16,18,19). The lowest BCUT2D eigenvalue weighted by Gasteiger charge is -2.32. The number of hydrogen-bond donors (Lipinski definition) is 2. The van der Waals surface area contributed by atoms with E-state index in [9.17, 15) is 19.5 Å². The predicted molar refractivity (Wildman–Crippen MR) is 93.3 cm³/mol. The third kappa shape index (κ3) is 3.30. The Bertz CT molecular complexity index is 633. The van der Waals surface area contributed by atoms with Crippen molar-refractivity contribution in [3.05, 3.63) is 24.8 Å². The van der Waals surface area contributed by atoms with Crippen molar-refractivity contribution in [2.45, 2.75) is 25.8 Å². The lowest BCUT2D eigenvalue weighted by Crippen LogP contribution is -2.54. The van der Waals surface area contributed by atoms with E-state index in [0.717, 1.165) is 17.6 Å². The average Bonchev–Trinajstić information content (AvgIpc) is 2.40. The topological polar surface area (TPSA) is 86.7 Å². The first-order valence-electron chi connectivity index (χ1n) is 6.13. The summed E-state index contributed by atoms with van der Waals surface area (Å²) in [5.41, 5.74) is 1.27. The Hall–Kier alpha value is -0.910. The molecule has 21 heavy (non-hydrogen) atoms. The Balaban J connectivity index is 2.50. The first kappa shape index (κ1) is 16.5. The van der Waals surface area contributed by atoms with E-state index >= 15 is 0 Å². The molecule has 1 atom stereocenters. The van der Waals surface area contributed by atoms with Crippen LogP contribution in [0.3, 0.4) is 0 Å². The molecule has 0 saturated carbocycles. The lowest BCUT2D eigenvalue weighted by atomic mass is 10.0. The predicted octanol–water partition coefficient (Wildman–Crippen LogP) is 2.49. The molecule has 1 aliphatic heterocycles. The number of halogens is 2. The average molecular weight is 514 g/mol. The maximum absolute atomic E-state index is 12.0. The van der Waals surface area contributed by atoms with Crippen molar-refractivity contribution < 1.29 is 19.5 Å². The van der Waals surface area contributed by atoms with Crippen LogP contribution in [0.1, 0.15) is 18.4 Å². The van der Waals surface area contributed by atoms with Crippen molar-refractivity contribution in [2.75, 3.05) is 4.90 Å². The molecule has 2 rings (SSSR count). The number of benzene rings is 1. The van der Waals surface area contributed by atoms with Gasteiger partial charge in [0.25, 0.3) is 0 Å². The van der Waals surface area contributed by atoms with Crippen LogP contribution in [0.4, 0.5) is 10.5 Å². The van der Waals surface area contributed by atoms with Gasteiger partial charge in [-0.3, -0.25) is 19.8 Å². The summed E-state index contributed by atoms with van der Waals surface area (Å²) in [5, 5.41) is 11.8. The minimum Gasteiger partial charge on any atom is -0.465 e. The molecule has 1 aromatic carbocycles. The summed E-state index contributed by atoms with van der Waals surface area (Å²) in [6, 6.07) is 2.83. The molecule has 3 amide bonds. The number of carbonyl (C=O) groups is 3. The first-order valence-corrected chi connectivity index (χ1v) is 8.29. The molecule has 6 nitrogen and oxygen atoms in total. The molecule has 1 fully saturated rings. The van der Waals surface area contributed by atoms with Crippen LogP contribution in [0, 0.1) is 14.1 Å². The normalized spacial score (nSPS) is 18.3. The summed E-state index contributed by atoms with van der Waals surface area (Å²) in [6.07, 6.45) is -0.870. The number of carbonyl (C=O) groups excluding carboxylic acids is 2. The monoisotopic (exact) mass is 514 g/mol. The van der Waals surface area contributed by atoms with Crippen LogP contribution in [-0.2, 0) is 9.59 Å². The Morgan fingerprint density at radius 2 is 2.05 bits per heavy atom. The number of anilines is 1. The Morgan fingerprint density at radius 3 is 2.62 bits per heavy atom. The first-order chi connectivity index (χ1) is 9.82. The van der Waals surface area contributed by atoms with Crippen LogP contribution < -0.4 is 10.2 Å². The van der Waals surface area contributed by atoms with Crippen LogP contribution >= 0.6 is 45.2 Å². The van der Waals surface area contributed by atoms with Crippen molar-refractivity contribution in [3.8, 4) is 0 Å². The van der Waals surface area contributed by atoms with Gasteiger partial charge in [0, 0.05) is 9.99 Å². The van der Waals surface area contributed by atoms with Gasteiger partial charge >= 0.3 is 6.09 Å². The molecule has 2 N–H and O–H groups in total. The third-order valence-electron chi connectivity index (χ3n) is 3.24. The van der Waals surface area contributed by atoms with Crippen LogP contribution in [0.25, 0.3) is 0 Å². The molecule has 0 spiro atoms. The van der Waals surface area contributed by atoms with Gasteiger partial charge in [-0.15, -0.1) is 0 Å². The van der Waals surface area contributed by atoms with Gasteiger partial charge in [0.1, 0.15) is 6.04 Å². The summed E-state index contributed by atoms with van der Waals surface area (Å²) in [5.74, 6) is -0.932. The highest BCUT2D eigenvalue weighted by Crippen LogP contribution is 2.33. The van der Waals surface area contributed by atoms with Gasteiger partial charge in [-0.05, 0) is 70.2 Å². The highest BCUT2D eigenvalue weighted by molar-refractivity contribution is 14.1. The molecule has 0 radical (unpaired) electrons. The second-order valence-corrected chi connectivity index (χ2v) is 6.89. The molecule has 0 aromatic heterocycles. The summed E-state index contributed by atoms with van der Waals surface area (Å²) < 4.78 is 1.69. The Labute approximate surface area is 148 Å². The zero-order chi connectivity index (χ0) is 15.7. The largest absolute Gasteiger partial charge is 0.465 e. The van der Waals surface area contributed by atoms with E-state index in [0.29, 0.717) is 5.69 Å². The summed E-state index contributed by atoms with van der Waals surface area (Å²) in [7, 11) is 0. The quantitative estimate of drug-likeness (QED) is 0.470. The molecular weight excluding hydrogens is 502 g/mol. The van der Waals surface area contributed by atoms with Gasteiger partial charge in [-0.2, -0.15) is 0 Å². The molecule has 1 aliphatic rings. The number of piperidine rings is 1. The van der Waals surface area contributed by atoms with E-state index in [1.165, 1.54) is 0 Å². The summed E-state index contributed by atoms with van der Waals surface area (Å²) in [4.78, 5) is 36.0. The molecule has 1 heterocycles. The number of nitrogens with one attached hydrogen (secondary N) is 1. The molecular formula is C13H12I2N2O4. The fourth-order valence-electron chi connectivity index (χ4n) is 2.25. The maximum Gasteiger partial charge on any atom is 0.412 e. The highest BCUT2D eigenvalue weighted by atomic mass is 127. The summed E-state index contributed by atoms with van der Waals surface area (Å²) >= 11 is 4.20. The number of nitrogens with zero attached hydrogens (tertiary/aromatic N) is 1. The van der Waals surface area contributed by atoms with Crippen molar-refractivity contribution in [2.24, 2.45) is 0 Å². The number of aryl methyl sites for hydroxylation is 1. The van der Waals surface area contributed by atoms with Gasteiger partial charge in [-0.1, -0.05) is 6.07 Å². The number of imide groups is 1. The third-order valence-corrected chi connectivity index (χ3v) is 6.26. The summed E-state index contributed by atoms with van der Waals surface area (Å²) in [6.45, 7) is 1.80. The SMILES string of the molecule is Cc1ccc(I)c(I)c1N(C(=O)O)C1CCC(=O)NC1=O. The van der Waals surface area contributed by atoms with Gasteiger partial charge in [-0.25, -0.2) is 4.79 Å². The van der Waals surface area contributed by atoms with Crippen molar-refractivity contribution in [1.29, 1.82) is 0 Å². The van der Waals surface area contributed by atoms with Gasteiger partial charge < -0.3 is 5.11 Å². The van der Waals surface area contributed by atoms with Gasteiger partial charge in [0.05, 0.1) is 9.26 Å². The van der Waals surface area contributed by atoms with E-state index in [4.69, 9.17) is 0 Å². The molecule has 112 valence electrons. The molecule has 1 unspecified atom stereocenters. The molecule has 1 aromatic rings. The van der Waals surface area contributed by atoms with E-state index in [2.05, 4.69) is 50.5 Å². The Kier molecular flexibility index (Phi) is 5.07. The smallest absolute Gasteiger partial charge is 0.412 e. The number of carboxylic acid groups (broad SMARTS) is 1. The zero-order valence-electron chi connectivity index (χ0n) is 11.0. The van der Waals surface area contributed by atoms with E-state index < -0.39 is 18.0 Å². The second kappa shape index (κ2) is 6.46.